The molecule has 1 aliphatic rings. The van der Waals surface area contributed by atoms with Crippen LogP contribution in [0.25, 0.3) is 0 Å². The molecule has 0 N–H and O–H groups in total. The minimum atomic E-state index is -1.44. The van der Waals surface area contributed by atoms with Crippen molar-refractivity contribution in [3.63, 3.8) is 0 Å². The van der Waals surface area contributed by atoms with Crippen molar-refractivity contribution in [3.05, 3.63) is 65.5 Å². The van der Waals surface area contributed by atoms with E-state index in [4.69, 9.17) is 14.2 Å². The van der Waals surface area contributed by atoms with Gasteiger partial charge in [-0.25, -0.2) is 14.0 Å². The first kappa shape index (κ1) is 25.2. The number of carbonyl (C=O) groups excluding carboxylic acids is 3. The molecule has 0 spiro atoms. The van der Waals surface area contributed by atoms with Crippen LogP contribution in [0.4, 0.5) is 9.18 Å². The number of likely N-dealkylation sites (tertiary alicyclic amines) is 1. The fraction of sp³-hybridized carbons (Fsp3) is 0.423. The standard InChI is InChI=1S/C26H30FNO6/c1-25(2,3)34-24(31)28-22(13-14-26(28,15-16-29)23(30)32-4)18-9-11-20(12-10-18)33-17-19-7-5-6-8-21(19)27/h5-12,16,22H,13-15,17H2,1-4H3/t22-,26-/m1/s1. The summed E-state index contributed by atoms with van der Waals surface area (Å²) in [5.74, 6) is -0.467. The van der Waals surface area contributed by atoms with E-state index in [1.807, 2.05) is 0 Å². The maximum Gasteiger partial charge on any atom is 0.411 e. The zero-order valence-corrected chi connectivity index (χ0v) is 19.9. The highest BCUT2D eigenvalue weighted by Crippen LogP contribution is 2.46. The number of nitrogens with zero attached hydrogens (tertiary/aromatic N) is 1. The summed E-state index contributed by atoms with van der Waals surface area (Å²) in [5.41, 5.74) is -1.04. The Balaban J connectivity index is 1.87. The number of carbonyl (C=O) groups is 3. The Morgan fingerprint density at radius 3 is 2.41 bits per heavy atom. The molecule has 0 aliphatic carbocycles. The van der Waals surface area contributed by atoms with Crippen molar-refractivity contribution in [2.24, 2.45) is 0 Å². The third-order valence-corrected chi connectivity index (χ3v) is 5.80. The van der Waals surface area contributed by atoms with Gasteiger partial charge >= 0.3 is 12.1 Å². The van der Waals surface area contributed by atoms with E-state index in [1.54, 1.807) is 63.2 Å². The third kappa shape index (κ3) is 5.38. The van der Waals surface area contributed by atoms with E-state index in [9.17, 15) is 18.8 Å². The first-order valence-corrected chi connectivity index (χ1v) is 11.1. The van der Waals surface area contributed by atoms with Crippen LogP contribution in [0.15, 0.2) is 48.5 Å². The molecule has 3 rings (SSSR count). The fourth-order valence-corrected chi connectivity index (χ4v) is 4.23. The van der Waals surface area contributed by atoms with Gasteiger partial charge in [-0.15, -0.1) is 0 Å². The number of methoxy groups -OCH3 is 1. The molecule has 0 aromatic heterocycles. The van der Waals surface area contributed by atoms with E-state index in [0.717, 1.165) is 5.56 Å². The summed E-state index contributed by atoms with van der Waals surface area (Å²) in [5, 5.41) is 0. The molecule has 0 bridgehead atoms. The van der Waals surface area contributed by atoms with Crippen molar-refractivity contribution in [2.45, 2.75) is 63.8 Å². The molecule has 34 heavy (non-hydrogen) atoms. The summed E-state index contributed by atoms with van der Waals surface area (Å²) in [6, 6.07) is 12.9. The van der Waals surface area contributed by atoms with Crippen LogP contribution in [0.2, 0.25) is 0 Å². The van der Waals surface area contributed by atoms with Crippen molar-refractivity contribution in [1.29, 1.82) is 0 Å². The average molecular weight is 472 g/mol. The van der Waals surface area contributed by atoms with Crippen LogP contribution in [-0.2, 0) is 25.7 Å². The summed E-state index contributed by atoms with van der Waals surface area (Å²) in [6.07, 6.45) is 0.434. The summed E-state index contributed by atoms with van der Waals surface area (Å²) >= 11 is 0. The number of esters is 1. The van der Waals surface area contributed by atoms with Gasteiger partial charge in [0.05, 0.1) is 13.2 Å². The number of benzene rings is 2. The number of amides is 1. The smallest absolute Gasteiger partial charge is 0.411 e. The molecule has 8 heteroatoms. The Bertz CT molecular complexity index is 1030. The fourth-order valence-electron chi connectivity index (χ4n) is 4.23. The Morgan fingerprint density at radius 2 is 1.82 bits per heavy atom. The summed E-state index contributed by atoms with van der Waals surface area (Å²) in [7, 11) is 1.23. The molecule has 2 aromatic rings. The van der Waals surface area contributed by atoms with E-state index >= 15 is 0 Å². The quantitative estimate of drug-likeness (QED) is 0.419. The lowest BCUT2D eigenvalue weighted by atomic mass is 9.93. The SMILES string of the molecule is COC(=O)[C@]1(CC=O)CC[C@H](c2ccc(OCc3ccccc3F)cc2)N1C(=O)OC(C)(C)C. The summed E-state index contributed by atoms with van der Waals surface area (Å²) < 4.78 is 30.1. The average Bonchev–Trinajstić information content (AvgIpc) is 3.18. The largest absolute Gasteiger partial charge is 0.489 e. The molecule has 0 saturated carbocycles. The molecule has 7 nitrogen and oxygen atoms in total. The van der Waals surface area contributed by atoms with Gasteiger partial charge in [0.2, 0.25) is 0 Å². The zero-order valence-electron chi connectivity index (χ0n) is 19.9. The molecular weight excluding hydrogens is 441 g/mol. The van der Waals surface area contributed by atoms with Crippen LogP contribution in [-0.4, -0.2) is 41.5 Å². The summed E-state index contributed by atoms with van der Waals surface area (Å²) in [4.78, 5) is 38.9. The third-order valence-electron chi connectivity index (χ3n) is 5.80. The number of ether oxygens (including phenoxy) is 3. The summed E-state index contributed by atoms with van der Waals surface area (Å²) in [6.45, 7) is 5.27. The van der Waals surface area contributed by atoms with Crippen LogP contribution in [0.1, 0.15) is 57.2 Å². The van der Waals surface area contributed by atoms with Crippen LogP contribution < -0.4 is 4.74 Å². The monoisotopic (exact) mass is 471 g/mol. The van der Waals surface area contributed by atoms with E-state index in [1.165, 1.54) is 18.1 Å². The molecule has 1 heterocycles. The van der Waals surface area contributed by atoms with E-state index < -0.39 is 29.2 Å². The topological polar surface area (TPSA) is 82.1 Å². The van der Waals surface area contributed by atoms with Crippen LogP contribution in [0.5, 0.6) is 5.75 Å². The van der Waals surface area contributed by atoms with Gasteiger partial charge in [0.1, 0.15) is 30.1 Å². The molecular formula is C26H30FNO6. The number of hydrogen-bond donors (Lipinski definition) is 0. The molecule has 1 aliphatic heterocycles. The molecule has 1 saturated heterocycles. The molecule has 0 radical (unpaired) electrons. The molecule has 2 atom stereocenters. The van der Waals surface area contributed by atoms with E-state index in [2.05, 4.69) is 0 Å². The lowest BCUT2D eigenvalue weighted by molar-refractivity contribution is -0.155. The molecule has 1 amide bonds. The van der Waals surface area contributed by atoms with Crippen LogP contribution in [0.3, 0.4) is 0 Å². The molecule has 0 unspecified atom stereocenters. The van der Waals surface area contributed by atoms with Gasteiger partial charge < -0.3 is 19.0 Å². The first-order chi connectivity index (χ1) is 16.1. The Labute approximate surface area is 198 Å². The minimum Gasteiger partial charge on any atom is -0.489 e. The number of hydrogen-bond acceptors (Lipinski definition) is 6. The van der Waals surface area contributed by atoms with Crippen molar-refractivity contribution < 1.29 is 33.0 Å². The molecule has 182 valence electrons. The number of rotatable bonds is 7. The van der Waals surface area contributed by atoms with Gasteiger partial charge in [-0.05, 0) is 57.4 Å². The lowest BCUT2D eigenvalue weighted by Gasteiger charge is -2.38. The first-order valence-electron chi connectivity index (χ1n) is 11.1. The Morgan fingerprint density at radius 1 is 1.15 bits per heavy atom. The van der Waals surface area contributed by atoms with Gasteiger partial charge in [-0.2, -0.15) is 0 Å². The van der Waals surface area contributed by atoms with Gasteiger partial charge in [-0.3, -0.25) is 4.90 Å². The van der Waals surface area contributed by atoms with Gasteiger partial charge in [0.25, 0.3) is 0 Å². The van der Waals surface area contributed by atoms with Gasteiger partial charge in [0, 0.05) is 12.0 Å². The Kier molecular flexibility index (Phi) is 7.59. The van der Waals surface area contributed by atoms with Gasteiger partial charge in [0.15, 0.2) is 5.54 Å². The predicted octanol–water partition coefficient (Wildman–Crippen LogP) is 4.98. The van der Waals surface area contributed by atoms with E-state index in [0.29, 0.717) is 24.0 Å². The zero-order chi connectivity index (χ0) is 24.9. The van der Waals surface area contributed by atoms with E-state index in [-0.39, 0.29) is 25.3 Å². The molecule has 1 fully saturated rings. The highest BCUT2D eigenvalue weighted by atomic mass is 19.1. The second-order valence-electron chi connectivity index (χ2n) is 9.25. The number of halogens is 1. The second-order valence-corrected chi connectivity index (χ2v) is 9.25. The number of aldehydes is 1. The highest BCUT2D eigenvalue weighted by molar-refractivity contribution is 5.89. The Hall–Kier alpha value is -3.42. The maximum absolute atomic E-state index is 13.8. The predicted molar refractivity (Wildman–Crippen MR) is 123 cm³/mol. The van der Waals surface area contributed by atoms with Gasteiger partial charge in [-0.1, -0.05) is 30.3 Å². The van der Waals surface area contributed by atoms with Crippen LogP contribution >= 0.6 is 0 Å². The van der Waals surface area contributed by atoms with Crippen molar-refractivity contribution in [2.75, 3.05) is 7.11 Å². The molecule has 2 aromatic carbocycles. The second kappa shape index (κ2) is 10.2. The lowest BCUT2D eigenvalue weighted by Crippen LogP contribution is -2.55. The highest BCUT2D eigenvalue weighted by Gasteiger charge is 2.56. The maximum atomic E-state index is 13.8. The van der Waals surface area contributed by atoms with Crippen molar-refractivity contribution >= 4 is 18.3 Å². The van der Waals surface area contributed by atoms with Crippen LogP contribution in [0, 0.1) is 5.82 Å². The van der Waals surface area contributed by atoms with Crippen molar-refractivity contribution in [3.8, 4) is 5.75 Å². The van der Waals surface area contributed by atoms with Crippen molar-refractivity contribution in [1.82, 2.24) is 4.90 Å². The minimum absolute atomic E-state index is 0.0737. The normalized spacial score (nSPS) is 20.0.